The number of benzene rings is 2. The molecule has 11 nitrogen and oxygen atoms in total. The van der Waals surface area contributed by atoms with Crippen molar-refractivity contribution in [2.45, 2.75) is 24.7 Å². The van der Waals surface area contributed by atoms with E-state index in [1.54, 1.807) is 0 Å². The molecule has 0 atom stereocenters. The zero-order chi connectivity index (χ0) is 25.3. The molecule has 34 heavy (non-hydrogen) atoms. The summed E-state index contributed by atoms with van der Waals surface area (Å²) in [5, 5.41) is 26.6. The third kappa shape index (κ3) is 5.92. The average molecular weight is 547 g/mol. The lowest BCUT2D eigenvalue weighted by Crippen LogP contribution is -2.45. The number of nitro groups is 1. The largest absolute Gasteiger partial charge is 0.573 e. The zero-order valence-electron chi connectivity index (χ0n) is 16.7. The number of ether oxygens (including phenoxy) is 1. The Hall–Kier alpha value is -3.88. The minimum Gasteiger partial charge on any atom is -0.465 e. The van der Waals surface area contributed by atoms with Gasteiger partial charge in [0.05, 0.1) is 10.6 Å². The van der Waals surface area contributed by atoms with E-state index in [2.05, 4.69) is 31.3 Å². The Balaban J connectivity index is 1.90. The van der Waals surface area contributed by atoms with E-state index >= 15 is 0 Å². The molecule has 0 radical (unpaired) electrons. The molecule has 1 fully saturated rings. The number of carboxylic acid groups (broad SMARTS) is 1. The van der Waals surface area contributed by atoms with Crippen LogP contribution < -0.4 is 20.7 Å². The normalized spacial score (nSPS) is 14.0. The lowest BCUT2D eigenvalue weighted by molar-refractivity contribution is -0.385. The Bertz CT molecular complexity index is 1180. The summed E-state index contributed by atoms with van der Waals surface area (Å²) in [5.74, 6) is -2.68. The Morgan fingerprint density at radius 1 is 1.12 bits per heavy atom. The molecule has 3 amide bonds. The molecule has 1 saturated carbocycles. The zero-order valence-corrected chi connectivity index (χ0v) is 18.3. The molecule has 0 aliphatic heterocycles. The van der Waals surface area contributed by atoms with Crippen molar-refractivity contribution in [1.82, 2.24) is 5.32 Å². The first-order chi connectivity index (χ1) is 15.8. The first-order valence-corrected chi connectivity index (χ1v) is 10.1. The summed E-state index contributed by atoms with van der Waals surface area (Å²) in [4.78, 5) is 46.5. The fraction of sp³-hybridized carbons (Fsp3) is 0.211. The molecular formula is C19H14BrF3N4O7. The van der Waals surface area contributed by atoms with Gasteiger partial charge in [0, 0.05) is 16.2 Å². The smallest absolute Gasteiger partial charge is 0.465 e. The van der Waals surface area contributed by atoms with Crippen molar-refractivity contribution >= 4 is 50.9 Å². The molecule has 0 spiro atoms. The van der Waals surface area contributed by atoms with Crippen LogP contribution in [0.15, 0.2) is 40.9 Å². The number of nitro benzene ring substituents is 1. The molecule has 1 aliphatic rings. The summed E-state index contributed by atoms with van der Waals surface area (Å²) < 4.78 is 42.6. The summed E-state index contributed by atoms with van der Waals surface area (Å²) >= 11 is 3.06. The highest BCUT2D eigenvalue weighted by Gasteiger charge is 2.51. The van der Waals surface area contributed by atoms with Crippen LogP contribution in [-0.2, 0) is 4.79 Å². The van der Waals surface area contributed by atoms with Crippen LogP contribution in [0.3, 0.4) is 0 Å². The number of hydrogen-bond donors (Lipinski definition) is 4. The number of halogens is 4. The van der Waals surface area contributed by atoms with E-state index in [-0.39, 0.29) is 24.1 Å². The number of rotatable bonds is 7. The van der Waals surface area contributed by atoms with E-state index in [4.69, 9.17) is 5.11 Å². The maximum absolute atomic E-state index is 12.8. The predicted octanol–water partition coefficient (Wildman–Crippen LogP) is 4.25. The third-order valence-electron chi connectivity index (χ3n) is 4.64. The number of alkyl halides is 3. The molecule has 15 heteroatoms. The monoisotopic (exact) mass is 546 g/mol. The van der Waals surface area contributed by atoms with Crippen LogP contribution in [0, 0.1) is 10.1 Å². The van der Waals surface area contributed by atoms with Crippen LogP contribution in [0.25, 0.3) is 0 Å². The minimum absolute atomic E-state index is 0.122. The number of anilines is 2. The highest BCUT2D eigenvalue weighted by molar-refractivity contribution is 9.10. The van der Waals surface area contributed by atoms with Crippen molar-refractivity contribution < 1.29 is 42.3 Å². The van der Waals surface area contributed by atoms with E-state index in [1.807, 2.05) is 5.32 Å². The SMILES string of the molecule is O=C(O)NC1(C(=O)Nc2cc(NC(=O)c3ccc(Br)cc3[N+](=O)[O-])ccc2OC(F)(F)F)CC1. The molecule has 2 aromatic carbocycles. The molecule has 180 valence electrons. The number of amides is 3. The van der Waals surface area contributed by atoms with E-state index < -0.39 is 51.9 Å². The highest BCUT2D eigenvalue weighted by Crippen LogP contribution is 2.39. The summed E-state index contributed by atoms with van der Waals surface area (Å²) in [6, 6.07) is 6.46. The molecule has 1 aliphatic carbocycles. The van der Waals surface area contributed by atoms with Crippen molar-refractivity contribution in [3.63, 3.8) is 0 Å². The van der Waals surface area contributed by atoms with Gasteiger partial charge >= 0.3 is 12.5 Å². The van der Waals surface area contributed by atoms with Gasteiger partial charge in [0.25, 0.3) is 11.6 Å². The van der Waals surface area contributed by atoms with E-state index in [0.29, 0.717) is 4.47 Å². The van der Waals surface area contributed by atoms with E-state index in [9.17, 15) is 37.7 Å². The Kier molecular flexibility index (Phi) is 6.67. The van der Waals surface area contributed by atoms with Gasteiger partial charge < -0.3 is 25.8 Å². The van der Waals surface area contributed by atoms with Crippen molar-refractivity contribution in [2.75, 3.05) is 10.6 Å². The van der Waals surface area contributed by atoms with Gasteiger partial charge in [0.15, 0.2) is 5.75 Å². The number of nitrogens with zero attached hydrogens (tertiary/aromatic N) is 1. The maximum Gasteiger partial charge on any atom is 0.573 e. The van der Waals surface area contributed by atoms with E-state index in [1.165, 1.54) is 12.1 Å². The summed E-state index contributed by atoms with van der Waals surface area (Å²) in [6.07, 6.45) is -6.34. The minimum atomic E-state index is -5.11. The van der Waals surface area contributed by atoms with Crippen LogP contribution in [0.2, 0.25) is 0 Å². The molecule has 4 N–H and O–H groups in total. The van der Waals surface area contributed by atoms with Crippen molar-refractivity contribution in [2.24, 2.45) is 0 Å². The predicted molar refractivity (Wildman–Crippen MR) is 114 cm³/mol. The maximum atomic E-state index is 12.8. The second kappa shape index (κ2) is 9.17. The van der Waals surface area contributed by atoms with Gasteiger partial charge in [-0.25, -0.2) is 4.79 Å². The van der Waals surface area contributed by atoms with Gasteiger partial charge in [-0.2, -0.15) is 0 Å². The Labute approximate surface area is 196 Å². The first-order valence-electron chi connectivity index (χ1n) is 9.27. The number of carbonyl (C=O) groups is 3. The van der Waals surface area contributed by atoms with Crippen LogP contribution in [-0.4, -0.2) is 39.8 Å². The van der Waals surface area contributed by atoms with Crippen molar-refractivity contribution in [3.05, 3.63) is 56.5 Å². The molecule has 0 saturated heterocycles. The quantitative estimate of drug-likeness (QED) is 0.298. The summed E-state index contributed by atoms with van der Waals surface area (Å²) in [7, 11) is 0. The van der Waals surface area contributed by atoms with Crippen LogP contribution in [0.1, 0.15) is 23.2 Å². The Morgan fingerprint density at radius 2 is 1.79 bits per heavy atom. The highest BCUT2D eigenvalue weighted by atomic mass is 79.9. The molecule has 0 aromatic heterocycles. The molecule has 0 unspecified atom stereocenters. The summed E-state index contributed by atoms with van der Waals surface area (Å²) in [5.41, 5.74) is -2.98. The number of nitrogens with one attached hydrogen (secondary N) is 3. The van der Waals surface area contributed by atoms with Crippen LogP contribution >= 0.6 is 15.9 Å². The number of hydrogen-bond acceptors (Lipinski definition) is 6. The van der Waals surface area contributed by atoms with Gasteiger partial charge in [-0.3, -0.25) is 19.7 Å². The standard InChI is InChI=1S/C19H14BrF3N4O7/c20-9-1-3-11(13(7-9)27(32)33)15(28)24-10-2-4-14(34-19(21,22)23)12(8-10)25-16(29)18(5-6-18)26-17(30)31/h1-4,7-8,26H,5-6H2,(H,24,28)(H,25,29)(H,30,31). The lowest BCUT2D eigenvalue weighted by atomic mass is 10.1. The molecule has 0 bridgehead atoms. The fourth-order valence-corrected chi connectivity index (χ4v) is 3.29. The van der Waals surface area contributed by atoms with Crippen LogP contribution in [0.4, 0.5) is 35.0 Å². The van der Waals surface area contributed by atoms with Gasteiger partial charge in [-0.15, -0.1) is 13.2 Å². The molecule has 3 rings (SSSR count). The third-order valence-corrected chi connectivity index (χ3v) is 5.14. The average Bonchev–Trinajstić information content (AvgIpc) is 3.48. The molecular weight excluding hydrogens is 533 g/mol. The Morgan fingerprint density at radius 3 is 2.35 bits per heavy atom. The van der Waals surface area contributed by atoms with Crippen LogP contribution in [0.5, 0.6) is 5.75 Å². The van der Waals surface area contributed by atoms with E-state index in [0.717, 1.165) is 24.3 Å². The topological polar surface area (TPSA) is 160 Å². The first kappa shape index (κ1) is 24.8. The van der Waals surface area contributed by atoms with Crippen molar-refractivity contribution in [3.8, 4) is 5.75 Å². The van der Waals surface area contributed by atoms with Gasteiger partial charge in [0.2, 0.25) is 5.91 Å². The second-order valence-electron chi connectivity index (χ2n) is 7.10. The molecule has 0 heterocycles. The summed E-state index contributed by atoms with van der Waals surface area (Å²) in [6.45, 7) is 0. The fourth-order valence-electron chi connectivity index (χ4n) is 2.95. The van der Waals surface area contributed by atoms with Gasteiger partial charge in [-0.1, -0.05) is 15.9 Å². The molecule has 2 aromatic rings. The van der Waals surface area contributed by atoms with Gasteiger partial charge in [-0.05, 0) is 43.2 Å². The van der Waals surface area contributed by atoms with Crippen molar-refractivity contribution in [1.29, 1.82) is 0 Å². The lowest BCUT2D eigenvalue weighted by Gasteiger charge is -2.19. The number of carbonyl (C=O) groups excluding carboxylic acids is 2. The van der Waals surface area contributed by atoms with Gasteiger partial charge in [0.1, 0.15) is 11.1 Å². The second-order valence-corrected chi connectivity index (χ2v) is 8.01.